The van der Waals surface area contributed by atoms with Gasteiger partial charge in [-0.3, -0.25) is 4.79 Å². The lowest BCUT2D eigenvalue weighted by atomic mass is 10.1. The van der Waals surface area contributed by atoms with Gasteiger partial charge in [0.1, 0.15) is 17.9 Å². The third-order valence-electron chi connectivity index (χ3n) is 5.59. The second-order valence-corrected chi connectivity index (χ2v) is 7.74. The largest absolute Gasteiger partial charge is 0.361 e. The summed E-state index contributed by atoms with van der Waals surface area (Å²) in [5, 5.41) is 8.46. The standard InChI is InChI=1S/C21H27N7O2/c1-14-11-15(2)28(24-14)20-12-19(22-13-23-20)26-7-9-27(10-8-26)21(29)6-5-18-16(3)25-30-17(18)4/h11-13H,5-10H2,1-4H3. The zero-order chi connectivity index (χ0) is 21.3. The number of rotatable bonds is 5. The number of aromatic nitrogens is 5. The zero-order valence-electron chi connectivity index (χ0n) is 17.9. The van der Waals surface area contributed by atoms with Crippen molar-refractivity contribution in [3.8, 4) is 5.82 Å². The Balaban J connectivity index is 1.36. The molecule has 0 spiro atoms. The lowest BCUT2D eigenvalue weighted by molar-refractivity contribution is -0.131. The first-order valence-corrected chi connectivity index (χ1v) is 10.2. The van der Waals surface area contributed by atoms with E-state index in [1.54, 1.807) is 6.33 Å². The van der Waals surface area contributed by atoms with Crippen molar-refractivity contribution in [2.24, 2.45) is 0 Å². The van der Waals surface area contributed by atoms with Crippen LogP contribution in [0.1, 0.15) is 34.8 Å². The van der Waals surface area contributed by atoms with Gasteiger partial charge in [0.25, 0.3) is 0 Å². The maximum Gasteiger partial charge on any atom is 0.223 e. The summed E-state index contributed by atoms with van der Waals surface area (Å²) in [6.45, 7) is 10.6. The first-order valence-electron chi connectivity index (χ1n) is 10.2. The van der Waals surface area contributed by atoms with E-state index in [9.17, 15) is 4.79 Å². The molecule has 1 aliphatic heterocycles. The minimum atomic E-state index is 0.167. The van der Waals surface area contributed by atoms with Crippen LogP contribution in [0, 0.1) is 27.7 Å². The molecule has 1 saturated heterocycles. The third kappa shape index (κ3) is 4.05. The van der Waals surface area contributed by atoms with Crippen LogP contribution in [0.5, 0.6) is 0 Å². The maximum absolute atomic E-state index is 12.7. The van der Waals surface area contributed by atoms with E-state index in [-0.39, 0.29) is 5.91 Å². The molecule has 1 fully saturated rings. The van der Waals surface area contributed by atoms with Crippen LogP contribution in [0.25, 0.3) is 5.82 Å². The predicted octanol–water partition coefficient (Wildman–Crippen LogP) is 2.17. The van der Waals surface area contributed by atoms with Crippen LogP contribution in [0.2, 0.25) is 0 Å². The molecule has 0 saturated carbocycles. The molecule has 0 bridgehead atoms. The average Bonchev–Trinajstić information content (AvgIpc) is 3.26. The quantitative estimate of drug-likeness (QED) is 0.637. The van der Waals surface area contributed by atoms with Gasteiger partial charge in [-0.15, -0.1) is 0 Å². The molecule has 9 heteroatoms. The van der Waals surface area contributed by atoms with Gasteiger partial charge in [-0.25, -0.2) is 14.6 Å². The number of nitrogens with zero attached hydrogens (tertiary/aromatic N) is 7. The van der Waals surface area contributed by atoms with Crippen LogP contribution in [-0.4, -0.2) is 61.9 Å². The average molecular weight is 409 g/mol. The molecule has 1 amide bonds. The Morgan fingerprint density at radius 2 is 1.77 bits per heavy atom. The van der Waals surface area contributed by atoms with E-state index < -0.39 is 0 Å². The van der Waals surface area contributed by atoms with Crippen LogP contribution < -0.4 is 4.90 Å². The van der Waals surface area contributed by atoms with E-state index >= 15 is 0 Å². The van der Waals surface area contributed by atoms with Crippen LogP contribution in [0.3, 0.4) is 0 Å². The number of aryl methyl sites for hydroxylation is 4. The fourth-order valence-electron chi connectivity index (χ4n) is 3.92. The smallest absolute Gasteiger partial charge is 0.223 e. The van der Waals surface area contributed by atoms with E-state index in [1.165, 1.54) is 0 Å². The Labute approximate surface area is 175 Å². The summed E-state index contributed by atoms with van der Waals surface area (Å²) < 4.78 is 7.01. The highest BCUT2D eigenvalue weighted by Crippen LogP contribution is 2.19. The number of carbonyl (C=O) groups excluding carboxylic acids is 1. The predicted molar refractivity (Wildman–Crippen MR) is 112 cm³/mol. The lowest BCUT2D eigenvalue weighted by Crippen LogP contribution is -2.49. The monoisotopic (exact) mass is 409 g/mol. The van der Waals surface area contributed by atoms with Gasteiger partial charge in [0.05, 0.1) is 11.4 Å². The summed E-state index contributed by atoms with van der Waals surface area (Å²) in [5.74, 6) is 2.58. The fourth-order valence-corrected chi connectivity index (χ4v) is 3.92. The second kappa shape index (κ2) is 8.25. The van der Waals surface area contributed by atoms with Gasteiger partial charge in [0.15, 0.2) is 5.82 Å². The molecule has 0 radical (unpaired) electrons. The molecular formula is C21H27N7O2. The van der Waals surface area contributed by atoms with Crippen LogP contribution >= 0.6 is 0 Å². The molecule has 3 aromatic heterocycles. The Morgan fingerprint density at radius 3 is 2.40 bits per heavy atom. The minimum absolute atomic E-state index is 0.167. The van der Waals surface area contributed by atoms with Crippen molar-refractivity contribution in [2.75, 3.05) is 31.1 Å². The maximum atomic E-state index is 12.7. The number of amides is 1. The SMILES string of the molecule is Cc1cc(C)n(-c2cc(N3CCN(C(=O)CCc4c(C)noc4C)CC3)ncn2)n1. The highest BCUT2D eigenvalue weighted by Gasteiger charge is 2.23. The van der Waals surface area contributed by atoms with Crippen LogP contribution in [0.4, 0.5) is 5.82 Å². The Hall–Kier alpha value is -3.23. The van der Waals surface area contributed by atoms with Crippen molar-refractivity contribution in [1.29, 1.82) is 0 Å². The van der Waals surface area contributed by atoms with E-state index in [4.69, 9.17) is 4.52 Å². The van der Waals surface area contributed by atoms with Gasteiger partial charge in [0, 0.05) is 49.9 Å². The van der Waals surface area contributed by atoms with Gasteiger partial charge in [-0.1, -0.05) is 5.16 Å². The number of hydrogen-bond donors (Lipinski definition) is 0. The van der Waals surface area contributed by atoms with Gasteiger partial charge in [-0.2, -0.15) is 5.10 Å². The number of piperazine rings is 1. The second-order valence-electron chi connectivity index (χ2n) is 7.74. The summed E-state index contributed by atoms with van der Waals surface area (Å²) >= 11 is 0. The molecule has 0 aromatic carbocycles. The van der Waals surface area contributed by atoms with Gasteiger partial charge >= 0.3 is 0 Å². The molecule has 4 rings (SSSR count). The first-order chi connectivity index (χ1) is 14.4. The summed E-state index contributed by atoms with van der Waals surface area (Å²) in [4.78, 5) is 25.6. The van der Waals surface area contributed by atoms with Crippen molar-refractivity contribution in [1.82, 2.24) is 29.8 Å². The fraction of sp³-hybridized carbons (Fsp3) is 0.476. The van der Waals surface area contributed by atoms with Crippen molar-refractivity contribution < 1.29 is 9.32 Å². The van der Waals surface area contributed by atoms with E-state index in [0.29, 0.717) is 25.9 Å². The normalized spacial score (nSPS) is 14.4. The molecule has 158 valence electrons. The Kier molecular flexibility index (Phi) is 5.52. The lowest BCUT2D eigenvalue weighted by Gasteiger charge is -2.35. The van der Waals surface area contributed by atoms with Crippen molar-refractivity contribution >= 4 is 11.7 Å². The van der Waals surface area contributed by atoms with Gasteiger partial charge in [0.2, 0.25) is 5.91 Å². The van der Waals surface area contributed by atoms with Gasteiger partial charge in [-0.05, 0) is 40.2 Å². The van der Waals surface area contributed by atoms with E-state index in [0.717, 1.165) is 53.1 Å². The summed E-state index contributed by atoms with van der Waals surface area (Å²) in [7, 11) is 0. The number of anilines is 1. The Morgan fingerprint density at radius 1 is 1.03 bits per heavy atom. The molecule has 0 N–H and O–H groups in total. The number of carbonyl (C=O) groups is 1. The molecule has 3 aromatic rings. The zero-order valence-corrected chi connectivity index (χ0v) is 17.9. The summed E-state index contributed by atoms with van der Waals surface area (Å²) in [5.41, 5.74) is 3.90. The highest BCUT2D eigenvalue weighted by molar-refractivity contribution is 5.76. The van der Waals surface area contributed by atoms with Crippen molar-refractivity contribution in [2.45, 2.75) is 40.5 Å². The van der Waals surface area contributed by atoms with Crippen molar-refractivity contribution in [3.63, 3.8) is 0 Å². The topological polar surface area (TPSA) is 93.2 Å². The molecule has 9 nitrogen and oxygen atoms in total. The molecule has 0 aliphatic carbocycles. The molecule has 1 aliphatic rings. The minimum Gasteiger partial charge on any atom is -0.361 e. The number of hydrogen-bond acceptors (Lipinski definition) is 7. The molecule has 4 heterocycles. The highest BCUT2D eigenvalue weighted by atomic mass is 16.5. The van der Waals surface area contributed by atoms with E-state index in [2.05, 4.69) is 25.1 Å². The molecule has 0 atom stereocenters. The molecule has 0 unspecified atom stereocenters. The Bertz CT molecular complexity index is 1030. The summed E-state index contributed by atoms with van der Waals surface area (Å²) in [6, 6.07) is 3.98. The van der Waals surface area contributed by atoms with Crippen LogP contribution in [-0.2, 0) is 11.2 Å². The molecular weight excluding hydrogens is 382 g/mol. The molecule has 30 heavy (non-hydrogen) atoms. The van der Waals surface area contributed by atoms with Crippen LogP contribution in [0.15, 0.2) is 23.0 Å². The van der Waals surface area contributed by atoms with E-state index in [1.807, 2.05) is 49.4 Å². The van der Waals surface area contributed by atoms with Gasteiger partial charge < -0.3 is 14.3 Å². The first kappa shape index (κ1) is 20.1. The third-order valence-corrected chi connectivity index (χ3v) is 5.59. The van der Waals surface area contributed by atoms with Crippen molar-refractivity contribution in [3.05, 3.63) is 46.9 Å². The summed E-state index contributed by atoms with van der Waals surface area (Å²) in [6.07, 6.45) is 2.71.